The van der Waals surface area contributed by atoms with Gasteiger partial charge in [0.2, 0.25) is 5.91 Å². The lowest BCUT2D eigenvalue weighted by Gasteiger charge is -2.26. The number of hydrogen-bond donors (Lipinski definition) is 1. The summed E-state index contributed by atoms with van der Waals surface area (Å²) in [5.74, 6) is 0.103. The Morgan fingerprint density at radius 3 is 2.38 bits per heavy atom. The molecule has 3 rings (SSSR count). The van der Waals surface area contributed by atoms with Crippen LogP contribution in [0.4, 0.5) is 5.69 Å². The van der Waals surface area contributed by atoms with Crippen LogP contribution in [0.3, 0.4) is 0 Å². The fourth-order valence-electron chi connectivity index (χ4n) is 3.22. The normalized spacial score (nSPS) is 12.1. The number of benzene rings is 3. The van der Waals surface area contributed by atoms with Gasteiger partial charge in [0.25, 0.3) is 10.0 Å². The van der Waals surface area contributed by atoms with Crippen molar-refractivity contribution in [2.24, 2.45) is 0 Å². The summed E-state index contributed by atoms with van der Waals surface area (Å²) in [5, 5.41) is 3.27. The number of para-hydroxylation sites is 1. The first-order valence-corrected chi connectivity index (χ1v) is 11.9. The molecule has 168 valence electrons. The number of anilines is 1. The number of sulfonamides is 1. The maximum absolute atomic E-state index is 13.4. The highest BCUT2D eigenvalue weighted by molar-refractivity contribution is 7.92. The van der Waals surface area contributed by atoms with E-state index in [1.807, 2.05) is 18.2 Å². The summed E-state index contributed by atoms with van der Waals surface area (Å²) in [5.41, 5.74) is 0.879. The fraction of sp³-hybridized carbons (Fsp3) is 0.174. The van der Waals surface area contributed by atoms with Crippen LogP contribution in [0, 0.1) is 0 Å². The van der Waals surface area contributed by atoms with Crippen LogP contribution in [-0.4, -0.2) is 28.0 Å². The molecule has 9 heteroatoms. The molecule has 3 aromatic carbocycles. The lowest BCUT2D eigenvalue weighted by atomic mass is 10.1. The van der Waals surface area contributed by atoms with Crippen molar-refractivity contribution in [3.63, 3.8) is 0 Å². The SMILES string of the molecule is COc1ccccc1[C@@H](C)NC(=O)CN(c1cc(Cl)ccc1Cl)S(=O)(=O)c1ccccc1. The molecule has 0 fully saturated rings. The van der Waals surface area contributed by atoms with Gasteiger partial charge < -0.3 is 10.1 Å². The van der Waals surface area contributed by atoms with Crippen molar-refractivity contribution in [1.82, 2.24) is 5.32 Å². The molecule has 1 amide bonds. The van der Waals surface area contributed by atoms with E-state index < -0.39 is 28.5 Å². The molecule has 1 N–H and O–H groups in total. The first-order valence-electron chi connectivity index (χ1n) is 9.69. The van der Waals surface area contributed by atoms with Crippen molar-refractivity contribution in [2.75, 3.05) is 18.0 Å². The van der Waals surface area contributed by atoms with Gasteiger partial charge in [0, 0.05) is 10.6 Å². The van der Waals surface area contributed by atoms with E-state index in [4.69, 9.17) is 27.9 Å². The van der Waals surface area contributed by atoms with Crippen LogP contribution in [0.1, 0.15) is 18.5 Å². The lowest BCUT2D eigenvalue weighted by Crippen LogP contribution is -2.41. The third-order valence-electron chi connectivity index (χ3n) is 4.78. The zero-order valence-corrected chi connectivity index (χ0v) is 19.8. The van der Waals surface area contributed by atoms with Crippen molar-refractivity contribution >= 4 is 44.8 Å². The van der Waals surface area contributed by atoms with E-state index in [2.05, 4.69) is 5.32 Å². The molecule has 0 saturated carbocycles. The molecule has 0 heterocycles. The summed E-state index contributed by atoms with van der Waals surface area (Å²) in [7, 11) is -2.55. The van der Waals surface area contributed by atoms with E-state index in [1.54, 1.807) is 44.4 Å². The minimum atomic E-state index is -4.10. The van der Waals surface area contributed by atoms with E-state index in [0.717, 1.165) is 9.87 Å². The summed E-state index contributed by atoms with van der Waals surface area (Å²) in [6, 6.07) is 19.1. The van der Waals surface area contributed by atoms with Gasteiger partial charge in [-0.15, -0.1) is 0 Å². The molecule has 3 aromatic rings. The van der Waals surface area contributed by atoms with Crippen molar-refractivity contribution in [3.05, 3.63) is 88.4 Å². The minimum Gasteiger partial charge on any atom is -0.496 e. The highest BCUT2D eigenvalue weighted by Crippen LogP contribution is 2.33. The summed E-state index contributed by atoms with van der Waals surface area (Å²) in [6.45, 7) is 1.30. The van der Waals surface area contributed by atoms with Crippen molar-refractivity contribution in [3.8, 4) is 5.75 Å². The van der Waals surface area contributed by atoms with Gasteiger partial charge in [-0.3, -0.25) is 9.10 Å². The number of ether oxygens (including phenoxy) is 1. The summed E-state index contributed by atoms with van der Waals surface area (Å²) in [6.07, 6.45) is 0. The Bertz CT molecular complexity index is 1200. The number of methoxy groups -OCH3 is 1. The molecule has 0 aliphatic heterocycles. The van der Waals surface area contributed by atoms with Crippen molar-refractivity contribution in [1.29, 1.82) is 0 Å². The Hall–Kier alpha value is -2.74. The number of nitrogens with zero attached hydrogens (tertiary/aromatic N) is 1. The van der Waals surface area contributed by atoms with Gasteiger partial charge in [0.05, 0.1) is 28.8 Å². The molecule has 0 saturated heterocycles. The number of halogens is 2. The Balaban J connectivity index is 1.94. The first-order chi connectivity index (χ1) is 15.2. The number of amides is 1. The van der Waals surface area contributed by atoms with Gasteiger partial charge in [-0.05, 0) is 43.3 Å². The molecule has 0 bridgehead atoms. The van der Waals surface area contributed by atoms with E-state index >= 15 is 0 Å². The molecule has 0 aliphatic carbocycles. The Morgan fingerprint density at radius 1 is 1.03 bits per heavy atom. The summed E-state index contributed by atoms with van der Waals surface area (Å²) < 4.78 is 33.1. The van der Waals surface area contributed by atoms with Crippen molar-refractivity contribution < 1.29 is 17.9 Å². The topological polar surface area (TPSA) is 75.7 Å². The zero-order chi connectivity index (χ0) is 23.3. The highest BCUT2D eigenvalue weighted by atomic mass is 35.5. The van der Waals surface area contributed by atoms with Gasteiger partial charge in [0.1, 0.15) is 12.3 Å². The van der Waals surface area contributed by atoms with Gasteiger partial charge in [-0.2, -0.15) is 0 Å². The largest absolute Gasteiger partial charge is 0.496 e. The molecule has 0 aromatic heterocycles. The van der Waals surface area contributed by atoms with Crippen LogP contribution in [0.15, 0.2) is 77.7 Å². The predicted octanol–water partition coefficient (Wildman–Crippen LogP) is 5.07. The number of carbonyl (C=O) groups excluding carboxylic acids is 1. The van der Waals surface area contributed by atoms with Gasteiger partial charge in [-0.1, -0.05) is 59.6 Å². The number of hydrogen-bond acceptors (Lipinski definition) is 4. The number of nitrogens with one attached hydrogen (secondary N) is 1. The number of carbonyl (C=O) groups is 1. The Labute approximate surface area is 197 Å². The van der Waals surface area contributed by atoms with Crippen LogP contribution in [0.25, 0.3) is 0 Å². The van der Waals surface area contributed by atoms with Crippen LogP contribution in [0.5, 0.6) is 5.75 Å². The van der Waals surface area contributed by atoms with E-state index in [9.17, 15) is 13.2 Å². The van der Waals surface area contributed by atoms with E-state index in [0.29, 0.717) is 10.8 Å². The average Bonchev–Trinajstić information content (AvgIpc) is 2.79. The Kier molecular flexibility index (Phi) is 7.66. The molecule has 0 radical (unpaired) electrons. The average molecular weight is 493 g/mol. The summed E-state index contributed by atoms with van der Waals surface area (Å²) >= 11 is 12.4. The smallest absolute Gasteiger partial charge is 0.264 e. The highest BCUT2D eigenvalue weighted by Gasteiger charge is 2.29. The van der Waals surface area contributed by atoms with E-state index in [-0.39, 0.29) is 15.6 Å². The second kappa shape index (κ2) is 10.3. The maximum Gasteiger partial charge on any atom is 0.264 e. The van der Waals surface area contributed by atoms with Gasteiger partial charge in [-0.25, -0.2) is 8.42 Å². The predicted molar refractivity (Wildman–Crippen MR) is 127 cm³/mol. The standard InChI is InChI=1S/C23H22Cl2N2O4S/c1-16(19-10-6-7-11-22(19)31-2)26-23(28)15-27(21-14-17(24)12-13-20(21)25)32(29,30)18-8-4-3-5-9-18/h3-14,16H,15H2,1-2H3,(H,26,28)/t16-/m1/s1. The van der Waals surface area contributed by atoms with Crippen LogP contribution < -0.4 is 14.4 Å². The maximum atomic E-state index is 13.4. The molecule has 0 spiro atoms. The van der Waals surface area contributed by atoms with Gasteiger partial charge in [0.15, 0.2) is 0 Å². The molecule has 0 aliphatic rings. The molecule has 32 heavy (non-hydrogen) atoms. The third-order valence-corrected chi connectivity index (χ3v) is 7.11. The molecule has 6 nitrogen and oxygen atoms in total. The second-order valence-corrected chi connectivity index (χ2v) is 9.66. The summed E-state index contributed by atoms with van der Waals surface area (Å²) in [4.78, 5) is 13.0. The molecule has 1 atom stereocenters. The van der Waals surface area contributed by atoms with Gasteiger partial charge >= 0.3 is 0 Å². The van der Waals surface area contributed by atoms with Crippen LogP contribution in [-0.2, 0) is 14.8 Å². The number of rotatable bonds is 8. The van der Waals surface area contributed by atoms with Crippen LogP contribution in [0.2, 0.25) is 10.0 Å². The quantitative estimate of drug-likeness (QED) is 0.475. The second-order valence-electron chi connectivity index (χ2n) is 6.95. The lowest BCUT2D eigenvalue weighted by molar-refractivity contribution is -0.120. The monoisotopic (exact) mass is 492 g/mol. The van der Waals surface area contributed by atoms with Crippen molar-refractivity contribution in [2.45, 2.75) is 17.9 Å². The molecule has 0 unspecified atom stereocenters. The molecular formula is C23H22Cl2N2O4S. The third kappa shape index (κ3) is 5.35. The van der Waals surface area contributed by atoms with Crippen LogP contribution >= 0.6 is 23.2 Å². The first kappa shape index (κ1) is 23.9. The van der Waals surface area contributed by atoms with E-state index in [1.165, 1.54) is 24.3 Å². The minimum absolute atomic E-state index is 0.0293. The fourth-order valence-corrected chi connectivity index (χ4v) is 5.10. The molecular weight excluding hydrogens is 471 g/mol. The Morgan fingerprint density at radius 2 is 1.69 bits per heavy atom. The zero-order valence-electron chi connectivity index (χ0n) is 17.5.